The zero-order valence-corrected chi connectivity index (χ0v) is 16.7. The molecule has 1 aliphatic rings. The van der Waals surface area contributed by atoms with Crippen molar-refractivity contribution in [2.75, 3.05) is 20.2 Å². The van der Waals surface area contributed by atoms with E-state index in [1.54, 1.807) is 0 Å². The van der Waals surface area contributed by atoms with Crippen LogP contribution in [0.25, 0.3) is 5.57 Å². The molecule has 1 saturated carbocycles. The lowest BCUT2D eigenvalue weighted by Gasteiger charge is -2.30. The normalized spacial score (nSPS) is 20.5. The Kier molecular flexibility index (Phi) is 7.27. The minimum Gasteiger partial charge on any atom is -0.449 e. The van der Waals surface area contributed by atoms with Gasteiger partial charge in [0.2, 0.25) is 0 Å². The van der Waals surface area contributed by atoms with Crippen LogP contribution in [0.15, 0.2) is 30.8 Å². The van der Waals surface area contributed by atoms with E-state index in [2.05, 4.69) is 23.3 Å². The monoisotopic (exact) mass is 358 g/mol. The number of ether oxygens (including phenoxy) is 1. The number of carbonyl (C=O) groups is 1. The van der Waals surface area contributed by atoms with Crippen molar-refractivity contribution >= 4 is 11.7 Å². The zero-order valence-electron chi connectivity index (χ0n) is 16.7. The van der Waals surface area contributed by atoms with Crippen LogP contribution in [-0.4, -0.2) is 26.3 Å². The molecule has 0 spiro atoms. The molecule has 0 aliphatic heterocycles. The van der Waals surface area contributed by atoms with Crippen LogP contribution in [0.2, 0.25) is 0 Å². The molecule has 0 atom stereocenters. The maximum atomic E-state index is 12.3. The lowest BCUT2D eigenvalue weighted by molar-refractivity contribution is 0.102. The largest absolute Gasteiger partial charge is 0.449 e. The van der Waals surface area contributed by atoms with Crippen molar-refractivity contribution in [3.63, 3.8) is 0 Å². The van der Waals surface area contributed by atoms with Crippen molar-refractivity contribution in [1.29, 1.82) is 0 Å². The van der Waals surface area contributed by atoms with E-state index in [0.29, 0.717) is 12.5 Å². The molecule has 0 unspecified atom stereocenters. The molecule has 1 amide bonds. The van der Waals surface area contributed by atoms with E-state index in [1.807, 2.05) is 46.0 Å². The van der Waals surface area contributed by atoms with Crippen molar-refractivity contribution in [2.45, 2.75) is 52.0 Å². The molecule has 1 aliphatic carbocycles. The summed E-state index contributed by atoms with van der Waals surface area (Å²) < 4.78 is 5.53. The maximum absolute atomic E-state index is 12.3. The summed E-state index contributed by atoms with van der Waals surface area (Å²) in [4.78, 5) is 12.3. The van der Waals surface area contributed by atoms with Crippen molar-refractivity contribution in [2.24, 2.45) is 11.8 Å². The Labute approximate surface area is 158 Å². The Morgan fingerprint density at radius 3 is 2.50 bits per heavy atom. The van der Waals surface area contributed by atoms with E-state index in [-0.39, 0.29) is 6.09 Å². The average Bonchev–Trinajstić information content (AvgIpc) is 2.61. The first-order valence-corrected chi connectivity index (χ1v) is 9.67. The second kappa shape index (κ2) is 9.22. The van der Waals surface area contributed by atoms with Crippen LogP contribution in [0, 0.1) is 11.8 Å². The Hall–Kier alpha value is -1.81. The number of allylic oxidation sites excluding steroid dienone is 1. The summed E-state index contributed by atoms with van der Waals surface area (Å²) in [6.07, 6.45) is 4.38. The molecule has 0 heterocycles. The second-order valence-electron chi connectivity index (χ2n) is 8.15. The molecule has 144 valence electrons. The van der Waals surface area contributed by atoms with Gasteiger partial charge < -0.3 is 15.4 Å². The molecule has 0 radical (unpaired) electrons. The van der Waals surface area contributed by atoms with E-state index in [0.717, 1.165) is 42.0 Å². The van der Waals surface area contributed by atoms with Crippen LogP contribution in [0.1, 0.15) is 57.6 Å². The Morgan fingerprint density at radius 1 is 1.23 bits per heavy atom. The fourth-order valence-electron chi connectivity index (χ4n) is 3.62. The van der Waals surface area contributed by atoms with Gasteiger partial charge in [0, 0.05) is 0 Å². The molecule has 0 bridgehead atoms. The zero-order chi connectivity index (χ0) is 19.2. The topological polar surface area (TPSA) is 50.4 Å². The van der Waals surface area contributed by atoms with E-state index in [4.69, 9.17) is 4.74 Å². The molecule has 2 N–H and O–H groups in total. The van der Waals surface area contributed by atoms with E-state index in [1.165, 1.54) is 12.8 Å². The molecular formula is C22H34N2O2. The quantitative estimate of drug-likeness (QED) is 0.742. The van der Waals surface area contributed by atoms with Gasteiger partial charge in [0.15, 0.2) is 0 Å². The number of alkyl carbamates (subject to hydrolysis) is 1. The number of hydrogen-bond acceptors (Lipinski definition) is 3. The Morgan fingerprint density at radius 2 is 1.88 bits per heavy atom. The van der Waals surface area contributed by atoms with Gasteiger partial charge in [-0.3, -0.25) is 0 Å². The summed E-state index contributed by atoms with van der Waals surface area (Å²) in [5.41, 5.74) is 2.65. The summed E-state index contributed by atoms with van der Waals surface area (Å²) in [7, 11) is 2.01. The molecule has 2 rings (SSSR count). The van der Waals surface area contributed by atoms with Gasteiger partial charge in [-0.25, -0.2) is 4.79 Å². The highest BCUT2D eigenvalue weighted by molar-refractivity contribution is 5.69. The van der Waals surface area contributed by atoms with Crippen molar-refractivity contribution in [3.8, 4) is 0 Å². The number of rotatable bonds is 7. The predicted molar refractivity (Wildman–Crippen MR) is 108 cm³/mol. The smallest absolute Gasteiger partial charge is 0.407 e. The SMILES string of the molecule is C=C(C)c1cccc(C(C)(C)NC(=O)OCC2CCC(CNC)CC2)c1. The highest BCUT2D eigenvalue weighted by Crippen LogP contribution is 2.29. The van der Waals surface area contributed by atoms with Crippen LogP contribution >= 0.6 is 0 Å². The molecule has 1 fully saturated rings. The minimum absolute atomic E-state index is 0.340. The van der Waals surface area contributed by atoms with Gasteiger partial charge in [-0.2, -0.15) is 0 Å². The molecule has 26 heavy (non-hydrogen) atoms. The third kappa shape index (κ3) is 5.87. The van der Waals surface area contributed by atoms with Gasteiger partial charge >= 0.3 is 6.09 Å². The standard InChI is InChI=1S/C22H34N2O2/c1-16(2)19-7-6-8-20(13-19)22(3,4)24-21(25)26-15-18-11-9-17(10-12-18)14-23-5/h6-8,13,17-18,23H,1,9-12,14-15H2,2-5H3,(H,24,25). The molecule has 0 saturated heterocycles. The lowest BCUT2D eigenvalue weighted by Crippen LogP contribution is -2.42. The fourth-order valence-corrected chi connectivity index (χ4v) is 3.62. The minimum atomic E-state index is -0.493. The predicted octanol–water partition coefficient (Wildman–Crippen LogP) is 4.71. The maximum Gasteiger partial charge on any atom is 0.407 e. The van der Waals surface area contributed by atoms with E-state index in [9.17, 15) is 4.79 Å². The van der Waals surface area contributed by atoms with Crippen molar-refractivity contribution < 1.29 is 9.53 Å². The summed E-state index contributed by atoms with van der Waals surface area (Å²) in [5, 5.41) is 6.26. The third-order valence-electron chi connectivity index (χ3n) is 5.40. The Balaban J connectivity index is 1.83. The summed E-state index contributed by atoms with van der Waals surface area (Å²) in [6, 6.07) is 8.13. The molecule has 1 aromatic carbocycles. The molecule has 4 nitrogen and oxygen atoms in total. The van der Waals surface area contributed by atoms with Gasteiger partial charge in [-0.05, 0) is 89.1 Å². The number of benzene rings is 1. The van der Waals surface area contributed by atoms with Crippen LogP contribution in [-0.2, 0) is 10.3 Å². The summed E-state index contributed by atoms with van der Waals surface area (Å²) >= 11 is 0. The van der Waals surface area contributed by atoms with Gasteiger partial charge in [0.1, 0.15) is 0 Å². The fraction of sp³-hybridized carbons (Fsp3) is 0.591. The van der Waals surface area contributed by atoms with Crippen molar-refractivity contribution in [3.05, 3.63) is 42.0 Å². The third-order valence-corrected chi connectivity index (χ3v) is 5.40. The first-order chi connectivity index (χ1) is 12.3. The van der Waals surface area contributed by atoms with Gasteiger partial charge in [-0.1, -0.05) is 30.4 Å². The van der Waals surface area contributed by atoms with Crippen LogP contribution in [0.3, 0.4) is 0 Å². The molecule has 0 aromatic heterocycles. The van der Waals surface area contributed by atoms with E-state index >= 15 is 0 Å². The number of amides is 1. The first kappa shape index (κ1) is 20.5. The highest BCUT2D eigenvalue weighted by atomic mass is 16.5. The number of nitrogens with one attached hydrogen (secondary N) is 2. The van der Waals surface area contributed by atoms with Crippen LogP contribution in [0.5, 0.6) is 0 Å². The lowest BCUT2D eigenvalue weighted by atomic mass is 9.82. The number of carbonyl (C=O) groups excluding carboxylic acids is 1. The van der Waals surface area contributed by atoms with Gasteiger partial charge in [0.05, 0.1) is 12.1 Å². The van der Waals surface area contributed by atoms with Crippen LogP contribution < -0.4 is 10.6 Å². The molecular weight excluding hydrogens is 324 g/mol. The molecule has 4 heteroatoms. The summed E-state index contributed by atoms with van der Waals surface area (Å²) in [5.74, 6) is 1.26. The number of hydrogen-bond donors (Lipinski definition) is 2. The molecule has 1 aromatic rings. The van der Waals surface area contributed by atoms with Crippen LogP contribution in [0.4, 0.5) is 4.79 Å². The van der Waals surface area contributed by atoms with E-state index < -0.39 is 5.54 Å². The average molecular weight is 359 g/mol. The first-order valence-electron chi connectivity index (χ1n) is 9.67. The highest BCUT2D eigenvalue weighted by Gasteiger charge is 2.26. The van der Waals surface area contributed by atoms with Crippen molar-refractivity contribution in [1.82, 2.24) is 10.6 Å². The second-order valence-corrected chi connectivity index (χ2v) is 8.15. The van der Waals surface area contributed by atoms with Gasteiger partial charge in [0.25, 0.3) is 0 Å². The van der Waals surface area contributed by atoms with Gasteiger partial charge in [-0.15, -0.1) is 0 Å². The summed E-state index contributed by atoms with van der Waals surface area (Å²) in [6.45, 7) is 11.6. The Bertz CT molecular complexity index is 616.